The Hall–Kier alpha value is -3.65. The quantitative estimate of drug-likeness (QED) is 0.633. The van der Waals surface area contributed by atoms with Crippen LogP contribution >= 0.6 is 0 Å². The predicted molar refractivity (Wildman–Crippen MR) is 118 cm³/mol. The van der Waals surface area contributed by atoms with Crippen LogP contribution in [0.15, 0.2) is 70.3 Å². The van der Waals surface area contributed by atoms with E-state index in [0.29, 0.717) is 13.0 Å². The summed E-state index contributed by atoms with van der Waals surface area (Å²) >= 11 is 0. The Labute approximate surface area is 178 Å². The molecule has 0 aliphatic carbocycles. The van der Waals surface area contributed by atoms with E-state index in [1.54, 1.807) is 0 Å². The molecule has 31 heavy (non-hydrogen) atoms. The van der Waals surface area contributed by atoms with Crippen molar-refractivity contribution < 1.29 is 9.53 Å². The molecule has 160 valence electrons. The summed E-state index contributed by atoms with van der Waals surface area (Å²) in [5, 5.41) is 0. The maximum Gasteiger partial charge on any atom is 0.330 e. The first-order chi connectivity index (χ1) is 15.0. The van der Waals surface area contributed by atoms with E-state index in [2.05, 4.69) is 4.98 Å². The maximum absolute atomic E-state index is 13.3. The molecular weight excluding hydrogens is 396 g/mol. The van der Waals surface area contributed by atoms with Gasteiger partial charge in [-0.1, -0.05) is 60.7 Å². The van der Waals surface area contributed by atoms with E-state index < -0.39 is 17.4 Å². The zero-order valence-corrected chi connectivity index (χ0v) is 17.0. The van der Waals surface area contributed by atoms with Crippen molar-refractivity contribution in [2.45, 2.75) is 32.0 Å². The highest BCUT2D eigenvalue weighted by Gasteiger charge is 2.32. The fraction of sp³-hybridized carbons (Fsp3) is 0.261. The highest BCUT2D eigenvalue weighted by atomic mass is 16.5. The van der Waals surface area contributed by atoms with Gasteiger partial charge in [0.1, 0.15) is 11.9 Å². The topological polar surface area (TPSA) is 110 Å². The van der Waals surface area contributed by atoms with Gasteiger partial charge in [0.25, 0.3) is 11.5 Å². The van der Waals surface area contributed by atoms with Crippen LogP contribution in [0.4, 0.5) is 11.5 Å². The lowest BCUT2D eigenvalue weighted by molar-refractivity contribution is -0.127. The lowest BCUT2D eigenvalue weighted by atomic mass is 10.1. The van der Waals surface area contributed by atoms with Crippen molar-refractivity contribution in [3.63, 3.8) is 0 Å². The van der Waals surface area contributed by atoms with Crippen LogP contribution in [-0.4, -0.2) is 28.2 Å². The fourth-order valence-corrected chi connectivity index (χ4v) is 3.74. The first kappa shape index (κ1) is 20.6. The average Bonchev–Trinajstić information content (AvgIpc) is 3.32. The average molecular weight is 420 g/mol. The number of aromatic amines is 1. The maximum atomic E-state index is 13.3. The summed E-state index contributed by atoms with van der Waals surface area (Å²) in [6.07, 6.45) is 0.706. The van der Waals surface area contributed by atoms with Gasteiger partial charge in [-0.05, 0) is 24.0 Å². The lowest BCUT2D eigenvalue weighted by Crippen LogP contribution is -2.44. The van der Waals surface area contributed by atoms with Gasteiger partial charge in [0, 0.05) is 6.61 Å². The van der Waals surface area contributed by atoms with E-state index in [1.165, 1.54) is 9.47 Å². The summed E-state index contributed by atoms with van der Waals surface area (Å²) in [5.74, 6) is -0.400. The van der Waals surface area contributed by atoms with Crippen LogP contribution in [0.5, 0.6) is 0 Å². The van der Waals surface area contributed by atoms with Gasteiger partial charge < -0.3 is 10.5 Å². The van der Waals surface area contributed by atoms with Crippen LogP contribution in [0.25, 0.3) is 0 Å². The molecule has 8 heteroatoms. The molecule has 2 aromatic carbocycles. The summed E-state index contributed by atoms with van der Waals surface area (Å²) < 4.78 is 6.84. The number of carbonyl (C=O) groups excluding carboxylic acids is 1. The standard InChI is InChI=1S/C23H24N4O4/c24-20-19(21(28)25-23(30)27(20)15-17-10-5-2-6-11-17)26(14-16-8-3-1-4-9-16)22(29)18-12-7-13-31-18/h1-6,8-11,18H,7,12-15,24H2,(H,25,28,30). The largest absolute Gasteiger partial charge is 0.383 e. The second-order valence-corrected chi connectivity index (χ2v) is 7.48. The number of nitrogens with one attached hydrogen (secondary N) is 1. The molecule has 1 fully saturated rings. The SMILES string of the molecule is Nc1c(N(Cc2ccccc2)C(=O)C2CCCO2)c(=O)[nH]c(=O)n1Cc1ccccc1. The third-order valence-corrected chi connectivity index (χ3v) is 5.32. The molecule has 3 N–H and O–H groups in total. The van der Waals surface area contributed by atoms with Gasteiger partial charge in [-0.25, -0.2) is 4.79 Å². The molecule has 8 nitrogen and oxygen atoms in total. The molecule has 1 saturated heterocycles. The third-order valence-electron chi connectivity index (χ3n) is 5.32. The summed E-state index contributed by atoms with van der Waals surface area (Å²) in [7, 11) is 0. The molecule has 0 radical (unpaired) electrons. The molecule has 2 heterocycles. The Bertz CT molecular complexity index is 1170. The Morgan fingerprint density at radius 1 is 1.06 bits per heavy atom. The number of benzene rings is 2. The van der Waals surface area contributed by atoms with Crippen LogP contribution in [0.2, 0.25) is 0 Å². The van der Waals surface area contributed by atoms with Gasteiger partial charge in [0.2, 0.25) is 0 Å². The predicted octanol–water partition coefficient (Wildman–Crippen LogP) is 1.88. The summed E-state index contributed by atoms with van der Waals surface area (Å²) in [6.45, 7) is 0.799. The van der Waals surface area contributed by atoms with Crippen molar-refractivity contribution in [1.82, 2.24) is 9.55 Å². The summed E-state index contributed by atoms with van der Waals surface area (Å²) in [5.41, 5.74) is 6.63. The van der Waals surface area contributed by atoms with Gasteiger partial charge in [0.05, 0.1) is 13.1 Å². The van der Waals surface area contributed by atoms with E-state index in [-0.39, 0.29) is 30.5 Å². The first-order valence-electron chi connectivity index (χ1n) is 10.2. The van der Waals surface area contributed by atoms with Crippen LogP contribution in [-0.2, 0) is 22.6 Å². The number of H-pyrrole nitrogens is 1. The number of anilines is 2. The highest BCUT2D eigenvalue weighted by molar-refractivity contribution is 5.98. The molecular formula is C23H24N4O4. The first-order valence-corrected chi connectivity index (χ1v) is 10.2. The Balaban J connectivity index is 1.79. The number of nitrogens with zero attached hydrogens (tertiary/aromatic N) is 2. The van der Waals surface area contributed by atoms with Crippen LogP contribution in [0, 0.1) is 0 Å². The fourth-order valence-electron chi connectivity index (χ4n) is 3.74. The number of aromatic nitrogens is 2. The minimum absolute atomic E-state index is 0.0418. The van der Waals surface area contributed by atoms with Crippen molar-refractivity contribution in [1.29, 1.82) is 0 Å². The number of carbonyl (C=O) groups is 1. The zero-order chi connectivity index (χ0) is 21.8. The molecule has 1 aromatic heterocycles. The molecule has 1 aliphatic heterocycles. The number of hydrogen-bond donors (Lipinski definition) is 2. The van der Waals surface area contributed by atoms with Gasteiger partial charge in [-0.15, -0.1) is 0 Å². The van der Waals surface area contributed by atoms with Crippen molar-refractivity contribution in [3.8, 4) is 0 Å². The van der Waals surface area contributed by atoms with Gasteiger partial charge in [-0.3, -0.25) is 24.0 Å². The van der Waals surface area contributed by atoms with E-state index in [4.69, 9.17) is 10.5 Å². The lowest BCUT2D eigenvalue weighted by Gasteiger charge is -2.26. The van der Waals surface area contributed by atoms with Crippen molar-refractivity contribution in [3.05, 3.63) is 92.6 Å². The Morgan fingerprint density at radius 3 is 2.32 bits per heavy atom. The number of amides is 1. The van der Waals surface area contributed by atoms with Crippen molar-refractivity contribution >= 4 is 17.4 Å². The normalized spacial score (nSPS) is 15.7. The minimum atomic E-state index is -0.700. The molecule has 0 bridgehead atoms. The minimum Gasteiger partial charge on any atom is -0.383 e. The van der Waals surface area contributed by atoms with E-state index in [0.717, 1.165) is 17.5 Å². The van der Waals surface area contributed by atoms with E-state index in [9.17, 15) is 14.4 Å². The van der Waals surface area contributed by atoms with E-state index in [1.807, 2.05) is 60.7 Å². The number of nitrogens with two attached hydrogens (primary N) is 1. The Morgan fingerprint density at radius 2 is 1.71 bits per heavy atom. The number of nitrogen functional groups attached to an aromatic ring is 1. The summed E-state index contributed by atoms with van der Waals surface area (Å²) in [4.78, 5) is 42.3. The monoisotopic (exact) mass is 420 g/mol. The molecule has 1 unspecified atom stereocenters. The van der Waals surface area contributed by atoms with Crippen molar-refractivity contribution in [2.75, 3.05) is 17.2 Å². The smallest absolute Gasteiger partial charge is 0.330 e. The molecule has 1 aliphatic rings. The number of hydrogen-bond acceptors (Lipinski definition) is 5. The molecule has 1 atom stereocenters. The second-order valence-electron chi connectivity index (χ2n) is 7.48. The van der Waals surface area contributed by atoms with Gasteiger partial charge in [0.15, 0.2) is 5.69 Å². The molecule has 0 saturated carbocycles. The number of rotatable bonds is 6. The highest BCUT2D eigenvalue weighted by Crippen LogP contribution is 2.24. The zero-order valence-electron chi connectivity index (χ0n) is 17.0. The van der Waals surface area contributed by atoms with Crippen LogP contribution in [0.3, 0.4) is 0 Å². The number of ether oxygens (including phenoxy) is 1. The van der Waals surface area contributed by atoms with E-state index >= 15 is 0 Å². The van der Waals surface area contributed by atoms with Crippen LogP contribution < -0.4 is 21.9 Å². The molecule has 0 spiro atoms. The molecule has 4 rings (SSSR count). The Kier molecular flexibility index (Phi) is 5.99. The van der Waals surface area contributed by atoms with Crippen LogP contribution in [0.1, 0.15) is 24.0 Å². The molecule has 1 amide bonds. The van der Waals surface area contributed by atoms with Crippen molar-refractivity contribution in [2.24, 2.45) is 0 Å². The van der Waals surface area contributed by atoms with Gasteiger partial charge >= 0.3 is 5.69 Å². The van der Waals surface area contributed by atoms with Gasteiger partial charge in [-0.2, -0.15) is 0 Å². The molecule has 3 aromatic rings. The summed E-state index contributed by atoms with van der Waals surface area (Å²) in [6, 6.07) is 18.6. The third kappa shape index (κ3) is 4.44. The second kappa shape index (κ2) is 9.01.